The molecule has 0 unspecified atom stereocenters. The van der Waals surface area contributed by atoms with Gasteiger partial charge in [-0.05, 0) is 6.92 Å². The molecule has 0 atom stereocenters. The molecule has 0 aromatic heterocycles. The van der Waals surface area contributed by atoms with E-state index in [1.165, 1.54) is 14.0 Å². The van der Waals surface area contributed by atoms with Crippen LogP contribution in [-0.4, -0.2) is 12.2 Å². The second-order valence-corrected chi connectivity index (χ2v) is 1.51. The van der Waals surface area contributed by atoms with Crippen LogP contribution in [0.5, 0.6) is 0 Å². The molecule has 0 radical (unpaired) electrons. The SMILES string of the molecule is C=C(F)/C(O)=C(\C)OC. The van der Waals surface area contributed by atoms with Gasteiger partial charge in [0.05, 0.1) is 7.11 Å². The highest BCUT2D eigenvalue weighted by molar-refractivity contribution is 5.16. The predicted octanol–water partition coefficient (Wildman–Crippen LogP) is 1.91. The molecule has 0 heterocycles. The van der Waals surface area contributed by atoms with E-state index in [-0.39, 0.29) is 5.76 Å². The van der Waals surface area contributed by atoms with E-state index in [0.29, 0.717) is 0 Å². The fourth-order valence-corrected chi connectivity index (χ4v) is 0.288. The van der Waals surface area contributed by atoms with Gasteiger partial charge < -0.3 is 9.84 Å². The minimum atomic E-state index is -0.880. The number of ether oxygens (including phenoxy) is 1. The number of aliphatic hydroxyl groups excluding tert-OH is 1. The smallest absolute Gasteiger partial charge is 0.188 e. The van der Waals surface area contributed by atoms with Crippen molar-refractivity contribution >= 4 is 0 Å². The lowest BCUT2D eigenvalue weighted by Crippen LogP contribution is -1.89. The van der Waals surface area contributed by atoms with Crippen LogP contribution in [0.15, 0.2) is 23.9 Å². The van der Waals surface area contributed by atoms with E-state index < -0.39 is 11.6 Å². The van der Waals surface area contributed by atoms with Crippen molar-refractivity contribution in [3.05, 3.63) is 23.9 Å². The van der Waals surface area contributed by atoms with E-state index in [1.807, 2.05) is 0 Å². The van der Waals surface area contributed by atoms with Crippen LogP contribution in [0.4, 0.5) is 4.39 Å². The molecular formula is C6H9FO2. The Bertz CT molecular complexity index is 149. The maximum absolute atomic E-state index is 12.0. The zero-order chi connectivity index (χ0) is 7.44. The lowest BCUT2D eigenvalue weighted by atomic mass is 10.4. The molecule has 0 aliphatic rings. The molecule has 2 nitrogen and oxygen atoms in total. The molecule has 0 saturated heterocycles. The maximum atomic E-state index is 12.0. The summed E-state index contributed by atoms with van der Waals surface area (Å²) in [6.45, 7) is 4.31. The fourth-order valence-electron chi connectivity index (χ4n) is 0.288. The maximum Gasteiger partial charge on any atom is 0.188 e. The van der Waals surface area contributed by atoms with Gasteiger partial charge in [-0.25, -0.2) is 4.39 Å². The second-order valence-electron chi connectivity index (χ2n) is 1.51. The van der Waals surface area contributed by atoms with Gasteiger partial charge in [0.1, 0.15) is 5.76 Å². The number of methoxy groups -OCH3 is 1. The van der Waals surface area contributed by atoms with Crippen LogP contribution in [0, 0.1) is 0 Å². The first kappa shape index (κ1) is 8.01. The van der Waals surface area contributed by atoms with Crippen molar-refractivity contribution < 1.29 is 14.2 Å². The molecular weight excluding hydrogens is 123 g/mol. The normalized spacial score (nSPS) is 12.3. The molecule has 9 heavy (non-hydrogen) atoms. The molecule has 0 aliphatic carbocycles. The minimum Gasteiger partial charge on any atom is -0.503 e. The summed E-state index contributed by atoms with van der Waals surface area (Å²) < 4.78 is 16.5. The first-order valence-electron chi connectivity index (χ1n) is 2.38. The second kappa shape index (κ2) is 3.12. The van der Waals surface area contributed by atoms with Gasteiger partial charge in [0.15, 0.2) is 11.6 Å². The number of halogens is 1. The average Bonchev–Trinajstić information content (AvgIpc) is 1.84. The Morgan fingerprint density at radius 1 is 1.67 bits per heavy atom. The largest absolute Gasteiger partial charge is 0.503 e. The fraction of sp³-hybridized carbons (Fsp3) is 0.333. The molecule has 52 valence electrons. The van der Waals surface area contributed by atoms with Crippen molar-refractivity contribution in [3.63, 3.8) is 0 Å². The summed E-state index contributed by atoms with van der Waals surface area (Å²) in [4.78, 5) is 0. The number of allylic oxidation sites excluding steroid dienone is 2. The monoisotopic (exact) mass is 132 g/mol. The summed E-state index contributed by atoms with van der Waals surface area (Å²) >= 11 is 0. The lowest BCUT2D eigenvalue weighted by Gasteiger charge is -2.00. The van der Waals surface area contributed by atoms with E-state index >= 15 is 0 Å². The number of hydrogen-bond donors (Lipinski definition) is 1. The Labute approximate surface area is 53.3 Å². The Kier molecular flexibility index (Phi) is 2.78. The predicted molar refractivity (Wildman–Crippen MR) is 32.6 cm³/mol. The lowest BCUT2D eigenvalue weighted by molar-refractivity contribution is 0.253. The summed E-state index contributed by atoms with van der Waals surface area (Å²) in [5, 5.41) is 8.68. The van der Waals surface area contributed by atoms with Gasteiger partial charge in [-0.15, -0.1) is 0 Å². The van der Waals surface area contributed by atoms with Gasteiger partial charge in [-0.3, -0.25) is 0 Å². The Balaban J connectivity index is 4.28. The molecule has 0 aromatic carbocycles. The molecule has 0 aromatic rings. The summed E-state index contributed by atoms with van der Waals surface area (Å²) in [5.41, 5.74) is 0. The van der Waals surface area contributed by atoms with Gasteiger partial charge in [0.2, 0.25) is 0 Å². The standard InChI is InChI=1S/C6H9FO2/c1-4(7)6(8)5(2)9-3/h8H,1H2,2-3H3/b6-5-. The molecule has 0 bridgehead atoms. The van der Waals surface area contributed by atoms with Gasteiger partial charge in [-0.2, -0.15) is 0 Å². The first-order chi connectivity index (χ1) is 4.09. The Hall–Kier alpha value is -0.990. The highest BCUT2D eigenvalue weighted by atomic mass is 19.1. The Morgan fingerprint density at radius 2 is 2.11 bits per heavy atom. The summed E-state index contributed by atoms with van der Waals surface area (Å²) in [7, 11) is 1.34. The zero-order valence-electron chi connectivity index (χ0n) is 5.44. The third kappa shape index (κ3) is 2.17. The van der Waals surface area contributed by atoms with Crippen molar-refractivity contribution in [2.24, 2.45) is 0 Å². The average molecular weight is 132 g/mol. The van der Waals surface area contributed by atoms with Gasteiger partial charge >= 0.3 is 0 Å². The van der Waals surface area contributed by atoms with Crippen molar-refractivity contribution in [2.45, 2.75) is 6.92 Å². The highest BCUT2D eigenvalue weighted by Crippen LogP contribution is 2.10. The van der Waals surface area contributed by atoms with Crippen LogP contribution in [0.25, 0.3) is 0 Å². The summed E-state index contributed by atoms with van der Waals surface area (Å²) in [6.07, 6.45) is 0. The molecule has 1 N–H and O–H groups in total. The van der Waals surface area contributed by atoms with Gasteiger partial charge in [0, 0.05) is 0 Å². The molecule has 0 amide bonds. The van der Waals surface area contributed by atoms with Crippen molar-refractivity contribution in [2.75, 3.05) is 7.11 Å². The molecule has 0 saturated carbocycles. The number of hydrogen-bond acceptors (Lipinski definition) is 2. The quantitative estimate of drug-likeness (QED) is 0.459. The first-order valence-corrected chi connectivity index (χ1v) is 2.38. The van der Waals surface area contributed by atoms with Crippen molar-refractivity contribution in [1.82, 2.24) is 0 Å². The summed E-state index contributed by atoms with van der Waals surface area (Å²) in [5.74, 6) is -1.28. The van der Waals surface area contributed by atoms with Crippen LogP contribution >= 0.6 is 0 Å². The van der Waals surface area contributed by atoms with Crippen LogP contribution < -0.4 is 0 Å². The summed E-state index contributed by atoms with van der Waals surface area (Å²) in [6, 6.07) is 0. The van der Waals surface area contributed by atoms with Crippen molar-refractivity contribution in [3.8, 4) is 0 Å². The highest BCUT2D eigenvalue weighted by Gasteiger charge is 2.02. The third-order valence-corrected chi connectivity index (χ3v) is 0.897. The molecule has 3 heteroatoms. The Morgan fingerprint density at radius 3 is 2.22 bits per heavy atom. The van der Waals surface area contributed by atoms with E-state index in [2.05, 4.69) is 11.3 Å². The van der Waals surface area contributed by atoms with E-state index in [4.69, 9.17) is 5.11 Å². The van der Waals surface area contributed by atoms with Crippen LogP contribution in [0.1, 0.15) is 6.92 Å². The topological polar surface area (TPSA) is 29.5 Å². The minimum absolute atomic E-state index is 0.127. The van der Waals surface area contributed by atoms with Gasteiger partial charge in [0.25, 0.3) is 0 Å². The van der Waals surface area contributed by atoms with E-state index in [1.54, 1.807) is 0 Å². The molecule has 0 fully saturated rings. The zero-order valence-corrected chi connectivity index (χ0v) is 5.44. The van der Waals surface area contributed by atoms with Crippen LogP contribution in [0.3, 0.4) is 0 Å². The molecule has 0 rings (SSSR count). The van der Waals surface area contributed by atoms with E-state index in [9.17, 15) is 4.39 Å². The molecule has 0 spiro atoms. The van der Waals surface area contributed by atoms with Crippen LogP contribution in [0.2, 0.25) is 0 Å². The van der Waals surface area contributed by atoms with Crippen LogP contribution in [-0.2, 0) is 4.74 Å². The molecule has 0 aliphatic heterocycles. The third-order valence-electron chi connectivity index (χ3n) is 0.897. The van der Waals surface area contributed by atoms with Gasteiger partial charge in [-0.1, -0.05) is 6.58 Å². The van der Waals surface area contributed by atoms with Crippen molar-refractivity contribution in [1.29, 1.82) is 0 Å². The number of aliphatic hydroxyl groups is 1. The van der Waals surface area contributed by atoms with E-state index in [0.717, 1.165) is 0 Å². The number of rotatable bonds is 2.